The lowest BCUT2D eigenvalue weighted by atomic mass is 9.95. The maximum atomic E-state index is 13.2. The number of ether oxygens (including phenoxy) is 2. The second-order valence-electron chi connectivity index (χ2n) is 9.30. The average molecular weight is 593 g/mol. The predicted molar refractivity (Wildman–Crippen MR) is 131 cm³/mol. The van der Waals surface area contributed by atoms with Crippen molar-refractivity contribution in [2.24, 2.45) is 5.92 Å². The Morgan fingerprint density at radius 1 is 1.10 bits per heavy atom. The Kier molecular flexibility index (Phi) is 7.41. The number of carbonyl (C=O) groups excluding carboxylic acids is 1. The summed E-state index contributed by atoms with van der Waals surface area (Å²) in [4.78, 5) is 19.1. The molecule has 0 bridgehead atoms. The minimum Gasteiger partial charge on any atom is -0.438 e. The second kappa shape index (κ2) is 10.4. The van der Waals surface area contributed by atoms with Crippen LogP contribution < -0.4 is 9.80 Å². The molecule has 0 radical (unpaired) electrons. The van der Waals surface area contributed by atoms with Gasteiger partial charge >= 0.3 is 12.3 Å². The minimum absolute atomic E-state index is 0.000410. The van der Waals surface area contributed by atoms with E-state index in [-0.39, 0.29) is 55.3 Å². The van der Waals surface area contributed by atoms with Gasteiger partial charge in [0.15, 0.2) is 12.3 Å². The van der Waals surface area contributed by atoms with Crippen LogP contribution in [0.3, 0.4) is 0 Å². The average Bonchev–Trinajstić information content (AvgIpc) is 3.25. The summed E-state index contributed by atoms with van der Waals surface area (Å²) in [6.45, 7) is -0.142. The first-order valence-electron chi connectivity index (χ1n) is 11.9. The van der Waals surface area contributed by atoms with Crippen molar-refractivity contribution < 1.29 is 46.1 Å². The van der Waals surface area contributed by atoms with Gasteiger partial charge in [-0.1, -0.05) is 11.6 Å². The van der Waals surface area contributed by atoms with Crippen molar-refractivity contribution in [2.75, 3.05) is 49.2 Å². The van der Waals surface area contributed by atoms with E-state index in [1.54, 1.807) is 0 Å². The molecular formula is C23H24ClF3N4O7S. The number of pyridine rings is 1. The topological polar surface area (TPSA) is 133 Å². The fourth-order valence-electron chi connectivity index (χ4n) is 4.79. The molecule has 39 heavy (non-hydrogen) atoms. The number of amides is 1. The van der Waals surface area contributed by atoms with E-state index < -0.39 is 52.2 Å². The maximum Gasteiger partial charge on any atom is 0.417 e. The van der Waals surface area contributed by atoms with Crippen LogP contribution in [0.2, 0.25) is 5.15 Å². The molecule has 2 N–H and O–H groups in total. The molecule has 4 atom stereocenters. The molecule has 0 unspecified atom stereocenters. The number of carbonyl (C=O) groups is 1. The highest BCUT2D eigenvalue weighted by atomic mass is 35.5. The molecule has 2 aromatic rings. The summed E-state index contributed by atoms with van der Waals surface area (Å²) in [5.74, 6) is -0.597. The van der Waals surface area contributed by atoms with E-state index in [2.05, 4.69) is 4.98 Å². The molecular weight excluding hydrogens is 569 g/mol. The molecule has 5 rings (SSSR count). The highest BCUT2D eigenvalue weighted by Crippen LogP contribution is 2.36. The summed E-state index contributed by atoms with van der Waals surface area (Å²) in [5.41, 5.74) is -0.652. The zero-order valence-electron chi connectivity index (χ0n) is 20.2. The van der Waals surface area contributed by atoms with Crippen LogP contribution in [0.15, 0.2) is 41.3 Å². The Morgan fingerprint density at radius 2 is 1.77 bits per heavy atom. The number of alkyl halides is 3. The van der Waals surface area contributed by atoms with E-state index >= 15 is 0 Å². The summed E-state index contributed by atoms with van der Waals surface area (Å²) in [5, 5.41) is 19.4. The van der Waals surface area contributed by atoms with Gasteiger partial charge in [0.25, 0.3) is 0 Å². The number of halogens is 4. The van der Waals surface area contributed by atoms with Gasteiger partial charge in [-0.15, -0.1) is 0 Å². The number of hydrogen-bond acceptors (Lipinski definition) is 9. The van der Waals surface area contributed by atoms with Crippen molar-refractivity contribution in [2.45, 2.75) is 29.5 Å². The number of piperazine rings is 1. The molecule has 3 aliphatic heterocycles. The van der Waals surface area contributed by atoms with Gasteiger partial charge in [-0.3, -0.25) is 0 Å². The molecule has 212 valence electrons. The highest BCUT2D eigenvalue weighted by molar-refractivity contribution is 7.89. The first-order valence-corrected chi connectivity index (χ1v) is 13.7. The smallest absolute Gasteiger partial charge is 0.417 e. The van der Waals surface area contributed by atoms with Gasteiger partial charge < -0.3 is 24.6 Å². The van der Waals surface area contributed by atoms with E-state index in [0.29, 0.717) is 5.69 Å². The second-order valence-corrected chi connectivity index (χ2v) is 11.6. The molecule has 3 fully saturated rings. The van der Waals surface area contributed by atoms with Crippen LogP contribution in [0, 0.1) is 5.92 Å². The summed E-state index contributed by atoms with van der Waals surface area (Å²) in [6.07, 6.45) is -8.45. The van der Waals surface area contributed by atoms with Crippen molar-refractivity contribution >= 4 is 39.2 Å². The molecule has 3 aliphatic rings. The number of fused-ring (bicyclic) bond motifs is 1. The normalized spacial score (nSPS) is 26.5. The van der Waals surface area contributed by atoms with Gasteiger partial charge in [0, 0.05) is 37.8 Å². The number of aromatic nitrogens is 1. The van der Waals surface area contributed by atoms with Gasteiger partial charge in [-0.05, 0) is 36.4 Å². The largest absolute Gasteiger partial charge is 0.438 e. The fraction of sp³-hybridized carbons (Fsp3) is 0.478. The van der Waals surface area contributed by atoms with Gasteiger partial charge in [0.1, 0.15) is 17.1 Å². The SMILES string of the molecule is O=C1O[C@@H]2[C@@H](O)[C@H](CO)CO[C@@H]2N1c1ccc(S(=O)(=O)N2CCN(c3cc(C(F)(F)F)cc(Cl)n3)CC2)cc1. The number of hydrogen-bond donors (Lipinski definition) is 2. The Hall–Kier alpha value is -2.69. The first kappa shape index (κ1) is 27.9. The molecule has 11 nitrogen and oxygen atoms in total. The number of sulfonamides is 1. The molecule has 1 amide bonds. The monoisotopic (exact) mass is 592 g/mol. The molecule has 0 aliphatic carbocycles. The Balaban J connectivity index is 1.27. The van der Waals surface area contributed by atoms with Crippen molar-refractivity contribution in [3.63, 3.8) is 0 Å². The van der Waals surface area contributed by atoms with Gasteiger partial charge in [0.2, 0.25) is 10.0 Å². The van der Waals surface area contributed by atoms with Crippen LogP contribution in [0.4, 0.5) is 29.5 Å². The van der Waals surface area contributed by atoms with Gasteiger partial charge in [0.05, 0.1) is 23.7 Å². The predicted octanol–water partition coefficient (Wildman–Crippen LogP) is 1.92. The van der Waals surface area contributed by atoms with Crippen LogP contribution in [0.5, 0.6) is 0 Å². The quantitative estimate of drug-likeness (QED) is 0.500. The summed E-state index contributed by atoms with van der Waals surface area (Å²) in [6, 6.07) is 7.07. The molecule has 0 saturated carbocycles. The van der Waals surface area contributed by atoms with Gasteiger partial charge in [-0.2, -0.15) is 17.5 Å². The van der Waals surface area contributed by atoms with Crippen LogP contribution >= 0.6 is 11.6 Å². The number of aliphatic hydroxyl groups excluding tert-OH is 2. The summed E-state index contributed by atoms with van der Waals surface area (Å²) < 4.78 is 78.0. The number of aliphatic hydroxyl groups is 2. The molecule has 1 aromatic heterocycles. The van der Waals surface area contributed by atoms with Crippen LogP contribution in [-0.4, -0.2) is 91.8 Å². The summed E-state index contributed by atoms with van der Waals surface area (Å²) in [7, 11) is -3.96. The molecule has 4 heterocycles. The lowest BCUT2D eigenvalue weighted by Crippen LogP contribution is -2.53. The standard InChI is InChI=1S/C23H24ClF3N4O7S/c24-17-9-14(23(25,26)27)10-18(28-17)29-5-7-30(8-6-29)39(35,36)16-3-1-15(2-4-16)31-21-20(38-22(31)34)19(33)13(11-32)12-37-21/h1-4,9-10,13,19-21,32-33H,5-8,11-12H2/t13-,19+,20-,21+/m1/s1. The van der Waals surface area contributed by atoms with E-state index in [0.717, 1.165) is 12.1 Å². The number of benzene rings is 1. The third kappa shape index (κ3) is 5.26. The third-order valence-electron chi connectivity index (χ3n) is 6.93. The van der Waals surface area contributed by atoms with Crippen molar-refractivity contribution in [3.05, 3.63) is 47.1 Å². The fourth-order valence-corrected chi connectivity index (χ4v) is 6.41. The lowest BCUT2D eigenvalue weighted by Gasteiger charge is -2.36. The number of anilines is 2. The molecule has 16 heteroatoms. The zero-order chi connectivity index (χ0) is 28.1. The van der Waals surface area contributed by atoms with Crippen LogP contribution in [0.25, 0.3) is 0 Å². The van der Waals surface area contributed by atoms with Gasteiger partial charge in [-0.25, -0.2) is 23.1 Å². The van der Waals surface area contributed by atoms with Crippen LogP contribution in [0.1, 0.15) is 5.56 Å². The Bertz CT molecular complexity index is 1340. The van der Waals surface area contributed by atoms with E-state index in [1.165, 1.54) is 38.4 Å². The highest BCUT2D eigenvalue weighted by Gasteiger charge is 2.52. The lowest BCUT2D eigenvalue weighted by molar-refractivity contribution is -0.147. The van der Waals surface area contributed by atoms with Crippen molar-refractivity contribution in [3.8, 4) is 0 Å². The molecule has 1 aromatic carbocycles. The van der Waals surface area contributed by atoms with E-state index in [9.17, 15) is 36.6 Å². The van der Waals surface area contributed by atoms with Crippen LogP contribution in [-0.2, 0) is 25.7 Å². The van der Waals surface area contributed by atoms with E-state index in [1.807, 2.05) is 0 Å². The number of nitrogens with zero attached hydrogens (tertiary/aromatic N) is 4. The Morgan fingerprint density at radius 3 is 2.38 bits per heavy atom. The van der Waals surface area contributed by atoms with E-state index in [4.69, 9.17) is 21.1 Å². The first-order chi connectivity index (χ1) is 18.4. The maximum absolute atomic E-state index is 13.2. The Labute approximate surface area is 226 Å². The third-order valence-corrected chi connectivity index (χ3v) is 9.03. The zero-order valence-corrected chi connectivity index (χ0v) is 21.7. The van der Waals surface area contributed by atoms with Crippen molar-refractivity contribution in [1.82, 2.24) is 9.29 Å². The summed E-state index contributed by atoms with van der Waals surface area (Å²) >= 11 is 5.78. The number of rotatable bonds is 5. The molecule has 0 spiro atoms. The molecule has 3 saturated heterocycles. The minimum atomic E-state index is -4.60. The van der Waals surface area contributed by atoms with Crippen molar-refractivity contribution in [1.29, 1.82) is 0 Å².